The first kappa shape index (κ1) is 12.2. The molecule has 1 rings (SSSR count). The predicted octanol–water partition coefficient (Wildman–Crippen LogP) is 3.04. The van der Waals surface area contributed by atoms with E-state index >= 15 is 0 Å². The van der Waals surface area contributed by atoms with Gasteiger partial charge >= 0.3 is 0 Å². The van der Waals surface area contributed by atoms with Gasteiger partial charge in [-0.1, -0.05) is 26.2 Å². The van der Waals surface area contributed by atoms with Crippen LogP contribution in [0.5, 0.6) is 0 Å². The summed E-state index contributed by atoms with van der Waals surface area (Å²) in [6, 6.07) is 0.584. The molecule has 0 aliphatic carbocycles. The monoisotopic (exact) mass is 209 g/mol. The second kappa shape index (κ2) is 5.91. The van der Waals surface area contributed by atoms with Crippen LogP contribution < -0.4 is 5.73 Å². The van der Waals surface area contributed by atoms with Crippen molar-refractivity contribution in [1.82, 2.24) is 9.55 Å². The van der Waals surface area contributed by atoms with Gasteiger partial charge in [0.25, 0.3) is 0 Å². The first-order valence-electron chi connectivity index (χ1n) is 5.94. The predicted molar refractivity (Wildman–Crippen MR) is 63.7 cm³/mol. The van der Waals surface area contributed by atoms with Crippen molar-refractivity contribution in [3.8, 4) is 0 Å². The summed E-state index contributed by atoms with van der Waals surface area (Å²) in [5.41, 5.74) is 7.03. The van der Waals surface area contributed by atoms with Crippen LogP contribution in [-0.4, -0.2) is 9.55 Å². The minimum Gasteiger partial charge on any atom is -0.330 e. The van der Waals surface area contributed by atoms with E-state index in [-0.39, 0.29) is 6.04 Å². The Hall–Kier alpha value is -0.830. The fourth-order valence-corrected chi connectivity index (χ4v) is 1.86. The van der Waals surface area contributed by atoms with Gasteiger partial charge in [0, 0.05) is 18.3 Å². The number of imidazole rings is 1. The Labute approximate surface area is 92.7 Å². The number of aromatic nitrogens is 2. The van der Waals surface area contributed by atoms with E-state index in [0.29, 0.717) is 6.04 Å². The molecule has 0 spiro atoms. The number of hydrogen-bond donors (Lipinski definition) is 1. The molecule has 0 bridgehead atoms. The first-order valence-corrected chi connectivity index (χ1v) is 5.94. The van der Waals surface area contributed by atoms with Crippen LogP contribution in [0.2, 0.25) is 0 Å². The number of unbranched alkanes of at least 4 members (excludes halogenated alkanes) is 2. The van der Waals surface area contributed by atoms with E-state index in [9.17, 15) is 0 Å². The molecule has 1 aromatic heterocycles. The molecule has 1 unspecified atom stereocenters. The molecule has 0 aliphatic heterocycles. The zero-order valence-electron chi connectivity index (χ0n) is 10.1. The average Bonchev–Trinajstić information content (AvgIpc) is 2.66. The fourth-order valence-electron chi connectivity index (χ4n) is 1.86. The molecule has 0 saturated carbocycles. The Balaban J connectivity index is 2.56. The molecule has 1 heterocycles. The third kappa shape index (κ3) is 3.34. The summed E-state index contributed by atoms with van der Waals surface area (Å²) in [5.74, 6) is 0. The molecule has 86 valence electrons. The van der Waals surface area contributed by atoms with Gasteiger partial charge in [0.1, 0.15) is 0 Å². The Morgan fingerprint density at radius 2 is 2.13 bits per heavy atom. The maximum atomic E-state index is 5.89. The summed E-state index contributed by atoms with van der Waals surface area (Å²) < 4.78 is 2.21. The Morgan fingerprint density at radius 1 is 1.40 bits per heavy atom. The molecule has 0 aliphatic rings. The van der Waals surface area contributed by atoms with Gasteiger partial charge in [0.2, 0.25) is 0 Å². The van der Waals surface area contributed by atoms with E-state index < -0.39 is 0 Å². The summed E-state index contributed by atoms with van der Waals surface area (Å²) in [7, 11) is 0. The number of nitrogens with two attached hydrogens (primary N) is 1. The summed E-state index contributed by atoms with van der Waals surface area (Å²) in [4.78, 5) is 4.18. The highest BCUT2D eigenvalue weighted by atomic mass is 15.1. The van der Waals surface area contributed by atoms with Gasteiger partial charge in [-0.3, -0.25) is 0 Å². The Kier molecular flexibility index (Phi) is 4.82. The molecule has 2 atom stereocenters. The molecule has 0 radical (unpaired) electrons. The lowest BCUT2D eigenvalue weighted by atomic mass is 10.1. The van der Waals surface area contributed by atoms with Crippen molar-refractivity contribution in [1.29, 1.82) is 0 Å². The fraction of sp³-hybridized carbons (Fsp3) is 0.750. The van der Waals surface area contributed by atoms with Crippen molar-refractivity contribution >= 4 is 0 Å². The zero-order chi connectivity index (χ0) is 11.3. The van der Waals surface area contributed by atoms with Gasteiger partial charge in [0.05, 0.1) is 12.0 Å². The Bertz CT molecular complexity index is 278. The van der Waals surface area contributed by atoms with Crippen LogP contribution in [0.25, 0.3) is 0 Å². The number of nitrogens with zero attached hydrogens (tertiary/aromatic N) is 2. The zero-order valence-corrected chi connectivity index (χ0v) is 10.1. The highest BCUT2D eigenvalue weighted by Crippen LogP contribution is 2.20. The lowest BCUT2D eigenvalue weighted by Crippen LogP contribution is -2.14. The van der Waals surface area contributed by atoms with Crippen LogP contribution in [0.1, 0.15) is 64.2 Å². The molecule has 2 N–H and O–H groups in total. The van der Waals surface area contributed by atoms with Crippen molar-refractivity contribution in [2.75, 3.05) is 0 Å². The van der Waals surface area contributed by atoms with Crippen molar-refractivity contribution in [3.05, 3.63) is 18.2 Å². The van der Waals surface area contributed by atoms with E-state index in [1.54, 1.807) is 0 Å². The van der Waals surface area contributed by atoms with Gasteiger partial charge in [0.15, 0.2) is 0 Å². The second-order valence-electron chi connectivity index (χ2n) is 4.36. The topological polar surface area (TPSA) is 43.8 Å². The van der Waals surface area contributed by atoms with Crippen LogP contribution in [0.15, 0.2) is 12.5 Å². The maximum absolute atomic E-state index is 5.89. The molecule has 1 aromatic rings. The normalized spacial score (nSPS) is 15.2. The molecule has 3 heteroatoms. The highest BCUT2D eigenvalue weighted by molar-refractivity contribution is 5.04. The highest BCUT2D eigenvalue weighted by Gasteiger charge is 2.11. The Morgan fingerprint density at radius 3 is 2.73 bits per heavy atom. The molecule has 0 saturated heterocycles. The average molecular weight is 209 g/mol. The first-order chi connectivity index (χ1) is 7.16. The van der Waals surface area contributed by atoms with Crippen LogP contribution in [0, 0.1) is 0 Å². The van der Waals surface area contributed by atoms with E-state index in [0.717, 1.165) is 5.69 Å². The summed E-state index contributed by atoms with van der Waals surface area (Å²) in [6.07, 6.45) is 8.86. The van der Waals surface area contributed by atoms with Crippen molar-refractivity contribution in [2.45, 2.75) is 58.5 Å². The number of rotatable bonds is 6. The summed E-state index contributed by atoms with van der Waals surface area (Å²) >= 11 is 0. The smallest absolute Gasteiger partial charge is 0.0951 e. The molecule has 0 aromatic carbocycles. The van der Waals surface area contributed by atoms with Crippen LogP contribution in [0.4, 0.5) is 0 Å². The van der Waals surface area contributed by atoms with Crippen LogP contribution in [-0.2, 0) is 0 Å². The quantitative estimate of drug-likeness (QED) is 0.732. The largest absolute Gasteiger partial charge is 0.330 e. The number of hydrogen-bond acceptors (Lipinski definition) is 2. The van der Waals surface area contributed by atoms with Gasteiger partial charge in [-0.05, 0) is 20.3 Å². The molecular weight excluding hydrogens is 186 g/mol. The lowest BCUT2D eigenvalue weighted by molar-refractivity contribution is 0.457. The van der Waals surface area contributed by atoms with Gasteiger partial charge in [-0.25, -0.2) is 4.98 Å². The third-order valence-corrected chi connectivity index (χ3v) is 2.86. The second-order valence-corrected chi connectivity index (χ2v) is 4.36. The van der Waals surface area contributed by atoms with Crippen LogP contribution >= 0.6 is 0 Å². The SMILES string of the molecule is CCCCCC(C)n1cncc1[C@H](C)N. The van der Waals surface area contributed by atoms with Gasteiger partial charge < -0.3 is 10.3 Å². The molecule has 0 fully saturated rings. The van der Waals surface area contributed by atoms with E-state index in [1.807, 2.05) is 19.4 Å². The summed E-state index contributed by atoms with van der Waals surface area (Å²) in [6.45, 7) is 6.48. The lowest BCUT2D eigenvalue weighted by Gasteiger charge is -2.18. The van der Waals surface area contributed by atoms with E-state index in [4.69, 9.17) is 5.73 Å². The molecule has 0 amide bonds. The molecular formula is C12H23N3. The third-order valence-electron chi connectivity index (χ3n) is 2.86. The van der Waals surface area contributed by atoms with E-state index in [2.05, 4.69) is 23.4 Å². The van der Waals surface area contributed by atoms with Crippen LogP contribution in [0.3, 0.4) is 0 Å². The van der Waals surface area contributed by atoms with Crippen molar-refractivity contribution in [2.24, 2.45) is 5.73 Å². The van der Waals surface area contributed by atoms with Crippen molar-refractivity contribution < 1.29 is 0 Å². The van der Waals surface area contributed by atoms with Gasteiger partial charge in [-0.15, -0.1) is 0 Å². The minimum atomic E-state index is 0.0705. The van der Waals surface area contributed by atoms with Gasteiger partial charge in [-0.2, -0.15) is 0 Å². The van der Waals surface area contributed by atoms with E-state index in [1.165, 1.54) is 25.7 Å². The molecule has 3 nitrogen and oxygen atoms in total. The summed E-state index contributed by atoms with van der Waals surface area (Å²) in [5, 5.41) is 0. The van der Waals surface area contributed by atoms with Crippen molar-refractivity contribution in [3.63, 3.8) is 0 Å². The minimum absolute atomic E-state index is 0.0705. The maximum Gasteiger partial charge on any atom is 0.0951 e. The standard InChI is InChI=1S/C12H23N3/c1-4-5-6-7-10(2)15-9-14-8-12(15)11(3)13/h8-11H,4-7,13H2,1-3H3/t10?,11-/m0/s1. The molecule has 15 heavy (non-hydrogen) atoms.